The van der Waals surface area contributed by atoms with Crippen LogP contribution in [0.2, 0.25) is 0 Å². The maximum Gasteiger partial charge on any atom is 0.325 e. The van der Waals surface area contributed by atoms with Crippen LogP contribution in [0.1, 0.15) is 11.1 Å². The van der Waals surface area contributed by atoms with Gasteiger partial charge in [0.15, 0.2) is 0 Å². The Hall–Kier alpha value is -1.84. The number of fused-ring (bicyclic) bond motifs is 1. The molecule has 0 aliphatic heterocycles. The van der Waals surface area contributed by atoms with Gasteiger partial charge in [-0.15, -0.1) is 0 Å². The van der Waals surface area contributed by atoms with Gasteiger partial charge in [-0.1, -0.05) is 24.3 Å². The van der Waals surface area contributed by atoms with Crippen molar-refractivity contribution in [2.24, 2.45) is 5.92 Å². The molecule has 17 heavy (non-hydrogen) atoms. The van der Waals surface area contributed by atoms with E-state index in [-0.39, 0.29) is 18.4 Å². The molecule has 1 aliphatic carbocycles. The lowest BCUT2D eigenvalue weighted by Crippen LogP contribution is -2.35. The van der Waals surface area contributed by atoms with E-state index in [4.69, 9.17) is 0 Å². The number of amides is 1. The van der Waals surface area contributed by atoms with E-state index in [0.717, 1.165) is 12.8 Å². The molecule has 0 atom stereocenters. The Morgan fingerprint density at radius 1 is 1.29 bits per heavy atom. The summed E-state index contributed by atoms with van der Waals surface area (Å²) >= 11 is 0. The topological polar surface area (TPSA) is 55.4 Å². The number of nitrogens with one attached hydrogen (secondary N) is 1. The lowest BCUT2D eigenvalue weighted by Gasteiger charge is -2.09. The number of hydrogen-bond donors (Lipinski definition) is 1. The number of carbonyl (C=O) groups excluding carboxylic acids is 2. The van der Waals surface area contributed by atoms with Crippen LogP contribution in [0.5, 0.6) is 0 Å². The number of carbonyl (C=O) groups is 2. The van der Waals surface area contributed by atoms with Crippen LogP contribution in [0.3, 0.4) is 0 Å². The van der Waals surface area contributed by atoms with Gasteiger partial charge >= 0.3 is 5.97 Å². The van der Waals surface area contributed by atoms with E-state index in [9.17, 15) is 9.59 Å². The smallest absolute Gasteiger partial charge is 0.325 e. The predicted molar refractivity (Wildman–Crippen MR) is 62.4 cm³/mol. The molecule has 1 aromatic carbocycles. The van der Waals surface area contributed by atoms with Gasteiger partial charge in [-0.05, 0) is 24.0 Å². The number of hydrogen-bond acceptors (Lipinski definition) is 3. The highest BCUT2D eigenvalue weighted by atomic mass is 16.5. The molecule has 0 bridgehead atoms. The third-order valence-corrected chi connectivity index (χ3v) is 3.06. The zero-order chi connectivity index (χ0) is 12.3. The Morgan fingerprint density at radius 2 is 1.88 bits per heavy atom. The highest BCUT2D eigenvalue weighted by molar-refractivity contribution is 5.84. The van der Waals surface area contributed by atoms with Gasteiger partial charge in [-0.3, -0.25) is 9.59 Å². The van der Waals surface area contributed by atoms with Crippen molar-refractivity contribution < 1.29 is 14.3 Å². The number of ether oxygens (including phenoxy) is 1. The Kier molecular flexibility index (Phi) is 3.42. The van der Waals surface area contributed by atoms with Crippen LogP contribution >= 0.6 is 0 Å². The summed E-state index contributed by atoms with van der Waals surface area (Å²) in [6.45, 7) is -0.0534. The van der Waals surface area contributed by atoms with E-state index in [1.807, 2.05) is 24.3 Å². The molecule has 1 aromatic rings. The first-order valence-electron chi connectivity index (χ1n) is 5.62. The lowest BCUT2D eigenvalue weighted by molar-refractivity contribution is -0.141. The van der Waals surface area contributed by atoms with Gasteiger partial charge in [0, 0.05) is 5.92 Å². The number of methoxy groups -OCH3 is 1. The Balaban J connectivity index is 1.90. The minimum atomic E-state index is -0.422. The molecule has 0 radical (unpaired) electrons. The highest BCUT2D eigenvalue weighted by Crippen LogP contribution is 2.26. The predicted octanol–water partition coefficient (Wildman–Crippen LogP) is 0.691. The van der Waals surface area contributed by atoms with Crippen molar-refractivity contribution >= 4 is 11.9 Å². The maximum absolute atomic E-state index is 11.8. The summed E-state index contributed by atoms with van der Waals surface area (Å²) in [7, 11) is 1.31. The van der Waals surface area contributed by atoms with Crippen molar-refractivity contribution in [1.82, 2.24) is 5.32 Å². The van der Waals surface area contributed by atoms with Gasteiger partial charge in [0.2, 0.25) is 5.91 Å². The first-order valence-corrected chi connectivity index (χ1v) is 5.62. The zero-order valence-corrected chi connectivity index (χ0v) is 9.73. The molecule has 0 saturated heterocycles. The Morgan fingerprint density at radius 3 is 2.41 bits per heavy atom. The van der Waals surface area contributed by atoms with Crippen LogP contribution in [0, 0.1) is 5.92 Å². The van der Waals surface area contributed by atoms with Crippen molar-refractivity contribution in [3.05, 3.63) is 35.4 Å². The van der Waals surface area contributed by atoms with Crippen LogP contribution in [0.15, 0.2) is 24.3 Å². The van der Waals surface area contributed by atoms with E-state index in [2.05, 4.69) is 10.1 Å². The molecule has 0 saturated carbocycles. The molecule has 90 valence electrons. The first-order chi connectivity index (χ1) is 8.20. The standard InChI is InChI=1S/C13H15NO3/c1-17-12(15)8-14-13(16)11-6-9-4-2-3-5-10(9)7-11/h2-5,11H,6-8H2,1H3,(H,14,16). The molecular formula is C13H15NO3. The first kappa shape index (κ1) is 11.6. The van der Waals surface area contributed by atoms with Gasteiger partial charge in [0.25, 0.3) is 0 Å². The summed E-state index contributed by atoms with van der Waals surface area (Å²) in [4.78, 5) is 22.7. The molecule has 0 heterocycles. The molecule has 1 amide bonds. The van der Waals surface area contributed by atoms with Gasteiger partial charge in [0.05, 0.1) is 7.11 Å². The zero-order valence-electron chi connectivity index (χ0n) is 9.73. The summed E-state index contributed by atoms with van der Waals surface area (Å²) in [6.07, 6.45) is 1.51. The highest BCUT2D eigenvalue weighted by Gasteiger charge is 2.27. The fourth-order valence-corrected chi connectivity index (χ4v) is 2.12. The second kappa shape index (κ2) is 4.99. The molecule has 2 rings (SSSR count). The fraction of sp³-hybridized carbons (Fsp3) is 0.385. The van der Waals surface area contributed by atoms with E-state index in [0.29, 0.717) is 0 Å². The molecule has 0 unspecified atom stereocenters. The Bertz CT molecular complexity index is 417. The normalized spacial score (nSPS) is 14.2. The molecule has 0 aromatic heterocycles. The van der Waals surface area contributed by atoms with Crippen LogP contribution in [0.25, 0.3) is 0 Å². The minimum absolute atomic E-state index is 0.0534. The van der Waals surface area contributed by atoms with Crippen LogP contribution in [-0.2, 0) is 27.2 Å². The fourth-order valence-electron chi connectivity index (χ4n) is 2.12. The molecule has 0 fully saturated rings. The van der Waals surface area contributed by atoms with Crippen LogP contribution in [0.4, 0.5) is 0 Å². The molecule has 1 N–H and O–H groups in total. The number of rotatable bonds is 3. The van der Waals surface area contributed by atoms with Gasteiger partial charge in [-0.25, -0.2) is 0 Å². The molecule has 0 spiro atoms. The van der Waals surface area contributed by atoms with Gasteiger partial charge < -0.3 is 10.1 Å². The second-order valence-electron chi connectivity index (χ2n) is 4.17. The summed E-state index contributed by atoms with van der Waals surface area (Å²) < 4.78 is 4.47. The number of benzene rings is 1. The van der Waals surface area contributed by atoms with Crippen molar-refractivity contribution in [2.45, 2.75) is 12.8 Å². The van der Waals surface area contributed by atoms with Crippen molar-refractivity contribution in [3.63, 3.8) is 0 Å². The van der Waals surface area contributed by atoms with Gasteiger partial charge in [-0.2, -0.15) is 0 Å². The maximum atomic E-state index is 11.8. The SMILES string of the molecule is COC(=O)CNC(=O)C1Cc2ccccc2C1. The van der Waals surface area contributed by atoms with E-state index >= 15 is 0 Å². The molecule has 4 heteroatoms. The minimum Gasteiger partial charge on any atom is -0.468 e. The largest absolute Gasteiger partial charge is 0.468 e. The summed E-state index contributed by atoms with van der Waals surface area (Å²) in [5.74, 6) is -0.558. The molecular weight excluding hydrogens is 218 g/mol. The molecule has 1 aliphatic rings. The average molecular weight is 233 g/mol. The molecule has 4 nitrogen and oxygen atoms in total. The van der Waals surface area contributed by atoms with Crippen molar-refractivity contribution in [2.75, 3.05) is 13.7 Å². The van der Waals surface area contributed by atoms with Crippen molar-refractivity contribution in [1.29, 1.82) is 0 Å². The van der Waals surface area contributed by atoms with Crippen LogP contribution < -0.4 is 5.32 Å². The quantitative estimate of drug-likeness (QED) is 0.781. The lowest BCUT2D eigenvalue weighted by atomic mass is 10.1. The average Bonchev–Trinajstić information content (AvgIpc) is 2.79. The Labute approximate surface area is 100.0 Å². The van der Waals surface area contributed by atoms with Crippen LogP contribution in [-0.4, -0.2) is 25.5 Å². The monoisotopic (exact) mass is 233 g/mol. The van der Waals surface area contributed by atoms with Gasteiger partial charge in [0.1, 0.15) is 6.54 Å². The third-order valence-electron chi connectivity index (χ3n) is 3.06. The summed E-state index contributed by atoms with van der Waals surface area (Å²) in [5.41, 5.74) is 2.46. The van der Waals surface area contributed by atoms with E-state index in [1.54, 1.807) is 0 Å². The summed E-state index contributed by atoms with van der Waals surface area (Å²) in [6, 6.07) is 8.05. The summed E-state index contributed by atoms with van der Waals surface area (Å²) in [5, 5.41) is 2.60. The van der Waals surface area contributed by atoms with E-state index in [1.165, 1.54) is 18.2 Å². The third kappa shape index (κ3) is 2.64. The second-order valence-corrected chi connectivity index (χ2v) is 4.17. The number of esters is 1. The van der Waals surface area contributed by atoms with Crippen molar-refractivity contribution in [3.8, 4) is 0 Å². The van der Waals surface area contributed by atoms with E-state index < -0.39 is 5.97 Å².